The Morgan fingerprint density at radius 3 is 2.20 bits per heavy atom. The number of rotatable bonds is 19. The number of piperidine rings is 1. The van der Waals surface area contributed by atoms with Crippen LogP contribution in [0.2, 0.25) is 0 Å². The number of carbonyl (C=O) groups is 3. The van der Waals surface area contributed by atoms with Crippen molar-refractivity contribution in [2.24, 2.45) is 0 Å². The van der Waals surface area contributed by atoms with Crippen molar-refractivity contribution in [3.05, 3.63) is 143 Å². The topological polar surface area (TPSA) is 113 Å². The molecule has 0 spiro atoms. The maximum atomic E-state index is 14.0. The minimum absolute atomic E-state index is 0.00538. The van der Waals surface area contributed by atoms with E-state index >= 15 is 0 Å². The lowest BCUT2D eigenvalue weighted by Crippen LogP contribution is -2.44. The second-order valence-corrected chi connectivity index (χ2v) is 17.9. The zero-order valence-corrected chi connectivity index (χ0v) is 39.8. The Labute approximate surface area is 395 Å². The van der Waals surface area contributed by atoms with Crippen LogP contribution in [0.3, 0.4) is 0 Å². The number of nitrogens with one attached hydrogen (secondary N) is 2. The molecular formula is C54H63N5O6S. The third-order valence-electron chi connectivity index (χ3n) is 12.8. The molecular weight excluding hydrogens is 847 g/mol. The molecule has 1 aliphatic heterocycles. The molecule has 0 atom stereocenters. The maximum absolute atomic E-state index is 14.0. The number of thiocarbonyl (C=S) groups is 1. The summed E-state index contributed by atoms with van der Waals surface area (Å²) >= 11 is 5.92. The smallest absolute Gasteiger partial charge is 0.407 e. The van der Waals surface area contributed by atoms with Crippen molar-refractivity contribution in [1.82, 2.24) is 15.1 Å². The molecule has 5 aromatic carbocycles. The fourth-order valence-corrected chi connectivity index (χ4v) is 9.35. The SMILES string of the molecule is COc1cc(C(=O)N(C)c2ccc(C)cc2OCCCCCC(=O)N2CCC(N(C)C)CC2)ccc1NC(=S)c1ccccc1CCCNC(=O)OCC1c2ccccc2-c2ccccc21. The summed E-state index contributed by atoms with van der Waals surface area (Å²) in [7, 11) is 7.52. The lowest BCUT2D eigenvalue weighted by atomic mass is 9.98. The number of carbonyl (C=O) groups excluding carboxylic acids is 3. The van der Waals surface area contributed by atoms with Gasteiger partial charge in [-0.2, -0.15) is 0 Å². The van der Waals surface area contributed by atoms with Crippen LogP contribution in [0.5, 0.6) is 11.5 Å². The number of fused-ring (bicyclic) bond motifs is 3. The third kappa shape index (κ3) is 11.8. The standard InChI is InChI=1S/C54H63N5O6S/c1-37-24-27-48(50(34-37)64-33-14-6-7-23-51(60)59-31-28-40(29-32-59)57(2)3)58(4)53(61)39-25-26-47(49(35-39)63-5)56-52(66)41-18-9-8-16-38(41)17-15-30-55-54(62)65-36-46-44-21-12-10-19-42(44)43-20-11-13-22-45(43)46/h8-13,16,18-22,24-27,34-35,40,46H,6-7,14-15,17,23,28-33,36H2,1-5H3,(H,55,62)(H,56,66). The predicted molar refractivity (Wildman–Crippen MR) is 267 cm³/mol. The largest absolute Gasteiger partial charge is 0.495 e. The van der Waals surface area contributed by atoms with Gasteiger partial charge in [-0.25, -0.2) is 4.79 Å². The Morgan fingerprint density at radius 1 is 0.788 bits per heavy atom. The summed E-state index contributed by atoms with van der Waals surface area (Å²) in [6, 6.07) is 36.2. The van der Waals surface area contributed by atoms with Crippen molar-refractivity contribution in [2.45, 2.75) is 70.3 Å². The number of benzene rings is 5. The van der Waals surface area contributed by atoms with Gasteiger partial charge in [-0.05, 0) is 130 Å². The van der Waals surface area contributed by atoms with Gasteiger partial charge < -0.3 is 39.5 Å². The van der Waals surface area contributed by atoms with E-state index < -0.39 is 6.09 Å². The highest BCUT2D eigenvalue weighted by molar-refractivity contribution is 7.81. The predicted octanol–water partition coefficient (Wildman–Crippen LogP) is 10.0. The number of likely N-dealkylation sites (tertiary alicyclic amines) is 1. The van der Waals surface area contributed by atoms with Gasteiger partial charge in [-0.15, -0.1) is 0 Å². The number of nitrogens with zero attached hydrogens (tertiary/aromatic N) is 3. The van der Waals surface area contributed by atoms with Gasteiger partial charge in [0.2, 0.25) is 5.91 Å². The highest BCUT2D eigenvalue weighted by Crippen LogP contribution is 2.44. The van der Waals surface area contributed by atoms with Gasteiger partial charge in [0.05, 0.1) is 25.1 Å². The minimum Gasteiger partial charge on any atom is -0.495 e. The number of anilines is 2. The van der Waals surface area contributed by atoms with Crippen LogP contribution in [0.25, 0.3) is 11.1 Å². The van der Waals surface area contributed by atoms with Crippen LogP contribution < -0.4 is 25.0 Å². The fraction of sp³-hybridized carbons (Fsp3) is 0.370. The number of aryl methyl sites for hydroxylation is 2. The van der Waals surface area contributed by atoms with Gasteiger partial charge in [-0.1, -0.05) is 91.1 Å². The Hall–Kier alpha value is -6.24. The Balaban J connectivity index is 0.876. The van der Waals surface area contributed by atoms with Crippen molar-refractivity contribution < 1.29 is 28.6 Å². The molecule has 2 N–H and O–H groups in total. The second kappa shape index (κ2) is 22.8. The summed E-state index contributed by atoms with van der Waals surface area (Å²) in [6.45, 7) is 4.86. The molecule has 1 heterocycles. The maximum Gasteiger partial charge on any atom is 0.407 e. The molecule has 1 aliphatic carbocycles. The van der Waals surface area contributed by atoms with Crippen molar-refractivity contribution in [3.63, 3.8) is 0 Å². The third-order valence-corrected chi connectivity index (χ3v) is 13.1. The molecule has 12 heteroatoms. The molecule has 0 bridgehead atoms. The highest BCUT2D eigenvalue weighted by atomic mass is 32.1. The van der Waals surface area contributed by atoms with Crippen molar-refractivity contribution in [2.75, 3.05) is 71.3 Å². The van der Waals surface area contributed by atoms with E-state index in [2.05, 4.69) is 53.9 Å². The molecule has 7 rings (SSSR count). The summed E-state index contributed by atoms with van der Waals surface area (Å²) in [5.74, 6) is 1.13. The van der Waals surface area contributed by atoms with Crippen LogP contribution in [0.4, 0.5) is 16.2 Å². The summed E-state index contributed by atoms with van der Waals surface area (Å²) < 4.78 is 17.8. The monoisotopic (exact) mass is 909 g/mol. The summed E-state index contributed by atoms with van der Waals surface area (Å²) in [4.78, 5) is 45.9. The first-order valence-corrected chi connectivity index (χ1v) is 23.5. The normalized spacial score (nSPS) is 13.5. The first-order chi connectivity index (χ1) is 32.0. The molecule has 1 saturated heterocycles. The number of hydrogen-bond donors (Lipinski definition) is 2. The van der Waals surface area contributed by atoms with Crippen LogP contribution in [0, 0.1) is 6.92 Å². The van der Waals surface area contributed by atoms with Gasteiger partial charge in [0.15, 0.2) is 0 Å². The number of hydrogen-bond acceptors (Lipinski definition) is 8. The first-order valence-electron chi connectivity index (χ1n) is 23.1. The van der Waals surface area contributed by atoms with Gasteiger partial charge in [0, 0.05) is 56.2 Å². The van der Waals surface area contributed by atoms with Crippen LogP contribution in [0.1, 0.15) is 89.0 Å². The molecule has 2 aliphatic rings. The van der Waals surface area contributed by atoms with Gasteiger partial charge in [-0.3, -0.25) is 9.59 Å². The van der Waals surface area contributed by atoms with Crippen LogP contribution in [-0.2, 0) is 16.0 Å². The first kappa shape index (κ1) is 47.7. The van der Waals surface area contributed by atoms with E-state index in [0.717, 1.165) is 61.9 Å². The Morgan fingerprint density at radius 2 is 1.48 bits per heavy atom. The average Bonchev–Trinajstić information content (AvgIpc) is 3.66. The van der Waals surface area contributed by atoms with Crippen molar-refractivity contribution in [3.8, 4) is 22.6 Å². The molecule has 3 amide bonds. The van der Waals surface area contributed by atoms with E-state index in [1.54, 1.807) is 37.3 Å². The highest BCUT2D eigenvalue weighted by Gasteiger charge is 2.29. The average molecular weight is 910 g/mol. The van der Waals surface area contributed by atoms with E-state index in [0.29, 0.717) is 71.9 Å². The minimum atomic E-state index is -0.436. The van der Waals surface area contributed by atoms with Gasteiger partial charge >= 0.3 is 6.09 Å². The number of alkyl carbamates (subject to hydrolysis) is 1. The number of amides is 3. The second-order valence-electron chi connectivity index (χ2n) is 17.5. The van der Waals surface area contributed by atoms with E-state index in [1.165, 1.54) is 22.3 Å². The molecule has 0 unspecified atom stereocenters. The number of ether oxygens (including phenoxy) is 3. The molecule has 0 aromatic heterocycles. The summed E-state index contributed by atoms with van der Waals surface area (Å²) in [5, 5.41) is 6.26. The van der Waals surface area contributed by atoms with Crippen LogP contribution in [-0.4, -0.2) is 99.8 Å². The summed E-state index contributed by atoms with van der Waals surface area (Å²) in [6.07, 6.45) is 6.06. The Bertz CT molecular complexity index is 2460. The van der Waals surface area contributed by atoms with E-state index in [9.17, 15) is 14.4 Å². The van der Waals surface area contributed by atoms with E-state index in [-0.39, 0.29) is 24.3 Å². The molecule has 0 saturated carbocycles. The molecule has 5 aromatic rings. The molecule has 66 heavy (non-hydrogen) atoms. The Kier molecular flexibility index (Phi) is 16.5. The van der Waals surface area contributed by atoms with Crippen molar-refractivity contribution in [1.29, 1.82) is 0 Å². The van der Waals surface area contributed by atoms with Gasteiger partial charge in [0.25, 0.3) is 5.91 Å². The molecule has 346 valence electrons. The van der Waals surface area contributed by atoms with E-state index in [1.807, 2.05) is 78.6 Å². The zero-order chi connectivity index (χ0) is 46.6. The molecule has 11 nitrogen and oxygen atoms in total. The van der Waals surface area contributed by atoms with Crippen LogP contribution in [0.15, 0.2) is 109 Å². The van der Waals surface area contributed by atoms with E-state index in [4.69, 9.17) is 26.4 Å². The molecule has 0 radical (unpaired) electrons. The zero-order valence-electron chi connectivity index (χ0n) is 38.9. The fourth-order valence-electron chi connectivity index (χ4n) is 9.04. The van der Waals surface area contributed by atoms with Gasteiger partial charge in [0.1, 0.15) is 23.1 Å². The van der Waals surface area contributed by atoms with Crippen molar-refractivity contribution >= 4 is 46.5 Å². The molecule has 1 fully saturated rings. The lowest BCUT2D eigenvalue weighted by molar-refractivity contribution is -0.132. The quantitative estimate of drug-likeness (QED) is 0.0618. The lowest BCUT2D eigenvalue weighted by Gasteiger charge is -2.35. The van der Waals surface area contributed by atoms with Crippen LogP contribution >= 0.6 is 12.2 Å². The number of methoxy groups -OCH3 is 1. The number of unbranched alkanes of at least 4 members (excludes halogenated alkanes) is 2. The summed E-state index contributed by atoms with van der Waals surface area (Å²) in [5.41, 5.74) is 9.40.